The number of hydrogen-bond acceptors (Lipinski definition) is 5. The molecule has 4 aromatic rings. The van der Waals surface area contributed by atoms with E-state index in [-0.39, 0.29) is 17.1 Å². The number of aromatic nitrogens is 2. The van der Waals surface area contributed by atoms with E-state index >= 15 is 0 Å². The van der Waals surface area contributed by atoms with Crippen molar-refractivity contribution in [2.24, 2.45) is 0 Å². The molecule has 0 atom stereocenters. The number of imidazole rings is 1. The van der Waals surface area contributed by atoms with Crippen LogP contribution in [0.2, 0.25) is 0 Å². The van der Waals surface area contributed by atoms with Gasteiger partial charge < -0.3 is 9.47 Å². The molecular weight excluding hydrogens is 362 g/mol. The van der Waals surface area contributed by atoms with Gasteiger partial charge in [0.25, 0.3) is 5.56 Å². The summed E-state index contributed by atoms with van der Waals surface area (Å²) in [5.74, 6) is 0.104. The summed E-state index contributed by atoms with van der Waals surface area (Å²) in [6.07, 6.45) is 1.67. The number of thiazole rings is 1. The van der Waals surface area contributed by atoms with Crippen LogP contribution in [0.25, 0.3) is 22.1 Å². The molecule has 0 unspecified atom stereocenters. The van der Waals surface area contributed by atoms with Crippen molar-refractivity contribution in [3.05, 3.63) is 62.9 Å². The SMILES string of the molecule is COc1cc(/C=c2/sc3nc4ccccc4n3c2=O)ccc1OC(F)F. The fourth-order valence-corrected chi connectivity index (χ4v) is 3.72. The van der Waals surface area contributed by atoms with Crippen LogP contribution in [0.5, 0.6) is 11.5 Å². The van der Waals surface area contributed by atoms with Crippen molar-refractivity contribution in [1.29, 1.82) is 0 Å². The summed E-state index contributed by atoms with van der Waals surface area (Å²) in [4.78, 5) is 17.8. The number of nitrogens with zero attached hydrogens (tertiary/aromatic N) is 2. The molecule has 0 saturated carbocycles. The molecule has 0 aliphatic rings. The van der Waals surface area contributed by atoms with Gasteiger partial charge in [0.15, 0.2) is 16.5 Å². The van der Waals surface area contributed by atoms with Crippen LogP contribution in [0.1, 0.15) is 5.56 Å². The van der Waals surface area contributed by atoms with E-state index in [0.717, 1.165) is 11.0 Å². The second kappa shape index (κ2) is 6.38. The molecule has 5 nitrogen and oxygen atoms in total. The number of alkyl halides is 2. The molecule has 8 heteroatoms. The van der Waals surface area contributed by atoms with Gasteiger partial charge in [-0.1, -0.05) is 29.5 Å². The Balaban J connectivity index is 1.83. The third-order valence-corrected chi connectivity index (χ3v) is 4.82. The number of para-hydroxylation sites is 2. The fourth-order valence-electron chi connectivity index (χ4n) is 2.73. The highest BCUT2D eigenvalue weighted by Crippen LogP contribution is 2.29. The zero-order valence-corrected chi connectivity index (χ0v) is 14.3. The lowest BCUT2D eigenvalue weighted by Gasteiger charge is -2.09. The summed E-state index contributed by atoms with van der Waals surface area (Å²) >= 11 is 1.26. The van der Waals surface area contributed by atoms with Crippen LogP contribution in [0, 0.1) is 0 Å². The van der Waals surface area contributed by atoms with Crippen molar-refractivity contribution >= 4 is 33.4 Å². The van der Waals surface area contributed by atoms with Crippen molar-refractivity contribution in [2.45, 2.75) is 6.61 Å². The van der Waals surface area contributed by atoms with Crippen LogP contribution in [0.3, 0.4) is 0 Å². The molecular formula is C18H12F2N2O3S. The minimum Gasteiger partial charge on any atom is -0.493 e. The maximum absolute atomic E-state index is 12.7. The normalized spacial score (nSPS) is 12.4. The zero-order valence-electron chi connectivity index (χ0n) is 13.5. The van der Waals surface area contributed by atoms with E-state index in [1.54, 1.807) is 16.5 Å². The number of halogens is 2. The third kappa shape index (κ3) is 2.78. The molecule has 2 aromatic carbocycles. The molecule has 0 bridgehead atoms. The number of ether oxygens (including phenoxy) is 2. The van der Waals surface area contributed by atoms with Crippen molar-refractivity contribution in [3.8, 4) is 11.5 Å². The average molecular weight is 374 g/mol. The molecule has 0 N–H and O–H groups in total. The predicted octanol–water partition coefficient (Wildman–Crippen LogP) is 3.07. The maximum atomic E-state index is 12.7. The van der Waals surface area contributed by atoms with Gasteiger partial charge in [-0.15, -0.1) is 0 Å². The van der Waals surface area contributed by atoms with E-state index < -0.39 is 6.61 Å². The van der Waals surface area contributed by atoms with Gasteiger partial charge in [-0.2, -0.15) is 8.78 Å². The molecule has 26 heavy (non-hydrogen) atoms. The fraction of sp³-hybridized carbons (Fsp3) is 0.111. The van der Waals surface area contributed by atoms with Gasteiger partial charge >= 0.3 is 6.61 Å². The van der Waals surface area contributed by atoms with Crippen LogP contribution in [0.4, 0.5) is 8.78 Å². The van der Waals surface area contributed by atoms with Gasteiger partial charge in [0.1, 0.15) is 0 Å². The van der Waals surface area contributed by atoms with Gasteiger partial charge in [-0.05, 0) is 35.9 Å². The smallest absolute Gasteiger partial charge is 0.387 e. The van der Waals surface area contributed by atoms with Gasteiger partial charge in [0.05, 0.1) is 22.7 Å². The van der Waals surface area contributed by atoms with E-state index in [9.17, 15) is 13.6 Å². The minimum absolute atomic E-state index is 0.0611. The Hall–Kier alpha value is -3.00. The summed E-state index contributed by atoms with van der Waals surface area (Å²) in [5.41, 5.74) is 1.97. The van der Waals surface area contributed by atoms with Gasteiger partial charge in [0.2, 0.25) is 0 Å². The molecule has 0 radical (unpaired) electrons. The lowest BCUT2D eigenvalue weighted by Crippen LogP contribution is -2.22. The summed E-state index contributed by atoms with van der Waals surface area (Å²) in [6.45, 7) is -2.94. The molecule has 0 spiro atoms. The van der Waals surface area contributed by atoms with Crippen LogP contribution >= 0.6 is 11.3 Å². The number of rotatable bonds is 4. The Morgan fingerprint density at radius 2 is 2.00 bits per heavy atom. The highest BCUT2D eigenvalue weighted by atomic mass is 32.1. The Morgan fingerprint density at radius 3 is 2.77 bits per heavy atom. The second-order valence-electron chi connectivity index (χ2n) is 5.42. The quantitative estimate of drug-likeness (QED) is 0.551. The van der Waals surface area contributed by atoms with Crippen molar-refractivity contribution in [3.63, 3.8) is 0 Å². The Kier molecular flexibility index (Phi) is 4.04. The second-order valence-corrected chi connectivity index (χ2v) is 6.43. The standard InChI is InChI=1S/C18H12F2N2O3S/c1-24-14-8-10(6-7-13(14)25-17(19)20)9-15-16(23)22-12-5-3-2-4-11(12)21-18(22)26-15/h2-9,17H,1H3/b15-9+. The van der Waals surface area contributed by atoms with Crippen LogP contribution in [-0.4, -0.2) is 23.1 Å². The number of hydrogen-bond donors (Lipinski definition) is 0. The Bertz CT molecular complexity index is 1220. The number of fused-ring (bicyclic) bond motifs is 3. The zero-order chi connectivity index (χ0) is 18.3. The van der Waals surface area contributed by atoms with Gasteiger partial charge in [-0.25, -0.2) is 9.38 Å². The van der Waals surface area contributed by atoms with Crippen molar-refractivity contribution < 1.29 is 18.3 Å². The lowest BCUT2D eigenvalue weighted by molar-refractivity contribution is -0.0512. The minimum atomic E-state index is -2.94. The van der Waals surface area contributed by atoms with Gasteiger partial charge in [-0.3, -0.25) is 4.79 Å². The predicted molar refractivity (Wildman–Crippen MR) is 95.3 cm³/mol. The first-order valence-corrected chi connectivity index (χ1v) is 8.43. The lowest BCUT2D eigenvalue weighted by atomic mass is 10.2. The first kappa shape index (κ1) is 16.5. The monoisotopic (exact) mass is 374 g/mol. The van der Waals surface area contributed by atoms with Crippen LogP contribution in [-0.2, 0) is 0 Å². The Morgan fingerprint density at radius 1 is 1.19 bits per heavy atom. The summed E-state index contributed by atoms with van der Waals surface area (Å²) in [6, 6.07) is 11.9. The molecule has 132 valence electrons. The molecule has 0 aliphatic heterocycles. The maximum Gasteiger partial charge on any atom is 0.387 e. The van der Waals surface area contributed by atoms with E-state index in [1.165, 1.54) is 30.6 Å². The van der Waals surface area contributed by atoms with E-state index in [4.69, 9.17) is 4.74 Å². The molecule has 0 amide bonds. The molecule has 0 fully saturated rings. The van der Waals surface area contributed by atoms with E-state index in [2.05, 4.69) is 9.72 Å². The first-order valence-electron chi connectivity index (χ1n) is 7.61. The molecule has 2 heterocycles. The third-order valence-electron chi connectivity index (χ3n) is 3.85. The van der Waals surface area contributed by atoms with Crippen molar-refractivity contribution in [1.82, 2.24) is 9.38 Å². The summed E-state index contributed by atoms with van der Waals surface area (Å²) in [5, 5.41) is 0. The number of methoxy groups -OCH3 is 1. The molecule has 0 aliphatic carbocycles. The van der Waals surface area contributed by atoms with Gasteiger partial charge in [0, 0.05) is 0 Å². The first-order chi connectivity index (χ1) is 12.6. The molecule has 0 saturated heterocycles. The van der Waals surface area contributed by atoms with Crippen LogP contribution < -0.4 is 19.6 Å². The highest BCUT2D eigenvalue weighted by Gasteiger charge is 2.12. The molecule has 2 aromatic heterocycles. The summed E-state index contributed by atoms with van der Waals surface area (Å²) < 4.78 is 36.4. The Labute approximate surface area is 149 Å². The topological polar surface area (TPSA) is 52.8 Å². The average Bonchev–Trinajstić information content (AvgIpc) is 3.12. The molecule has 4 rings (SSSR count). The van der Waals surface area contributed by atoms with E-state index in [1.807, 2.05) is 24.3 Å². The van der Waals surface area contributed by atoms with Crippen molar-refractivity contribution in [2.75, 3.05) is 7.11 Å². The van der Waals surface area contributed by atoms with E-state index in [0.29, 0.717) is 15.1 Å². The summed E-state index contributed by atoms with van der Waals surface area (Å²) in [7, 11) is 1.36. The number of benzene rings is 2. The highest BCUT2D eigenvalue weighted by molar-refractivity contribution is 7.15. The largest absolute Gasteiger partial charge is 0.493 e. The van der Waals surface area contributed by atoms with Crippen LogP contribution in [0.15, 0.2) is 47.3 Å².